The molecule has 2 heterocycles. The highest BCUT2D eigenvalue weighted by atomic mass is 35.5. The van der Waals surface area contributed by atoms with Crippen molar-refractivity contribution in [2.24, 2.45) is 17.1 Å². The summed E-state index contributed by atoms with van der Waals surface area (Å²) in [5.74, 6) is 0.649. The van der Waals surface area contributed by atoms with Gasteiger partial charge in [0.15, 0.2) is 0 Å². The zero-order chi connectivity index (χ0) is 17.2. The smallest absolute Gasteiger partial charge is 0.245 e. The molecule has 0 radical (unpaired) electrons. The third-order valence-corrected chi connectivity index (χ3v) is 5.34. The first-order valence-electron chi connectivity index (χ1n) is 9.06. The summed E-state index contributed by atoms with van der Waals surface area (Å²) in [6.07, 6.45) is 4.11. The number of halogens is 1. The van der Waals surface area contributed by atoms with Gasteiger partial charge in [0.1, 0.15) is 6.04 Å². The van der Waals surface area contributed by atoms with E-state index in [1.807, 2.05) is 9.80 Å². The first-order chi connectivity index (χ1) is 10.7. The Hall–Kier alpha value is -0.810. The van der Waals surface area contributed by atoms with E-state index in [1.54, 1.807) is 0 Å². The molecule has 0 saturated carbocycles. The lowest BCUT2D eigenvalue weighted by Crippen LogP contribution is -2.59. The van der Waals surface area contributed by atoms with Crippen molar-refractivity contribution in [3.05, 3.63) is 0 Å². The molecule has 0 aliphatic carbocycles. The maximum atomic E-state index is 13.2. The van der Waals surface area contributed by atoms with E-state index in [1.165, 1.54) is 0 Å². The molecular weight excluding hydrogens is 326 g/mol. The molecule has 0 aromatic heterocycles. The van der Waals surface area contributed by atoms with Crippen molar-refractivity contribution in [3.8, 4) is 0 Å². The van der Waals surface area contributed by atoms with E-state index in [2.05, 4.69) is 27.7 Å². The van der Waals surface area contributed by atoms with Crippen LogP contribution in [0.4, 0.5) is 0 Å². The van der Waals surface area contributed by atoms with Crippen molar-refractivity contribution < 1.29 is 9.59 Å². The van der Waals surface area contributed by atoms with Gasteiger partial charge in [-0.05, 0) is 37.0 Å². The van der Waals surface area contributed by atoms with Gasteiger partial charge >= 0.3 is 0 Å². The fourth-order valence-corrected chi connectivity index (χ4v) is 3.74. The molecule has 0 bridgehead atoms. The van der Waals surface area contributed by atoms with Crippen LogP contribution in [0.2, 0.25) is 0 Å². The van der Waals surface area contributed by atoms with Crippen molar-refractivity contribution >= 4 is 24.2 Å². The number of nitrogens with two attached hydrogens (primary N) is 1. The molecule has 6 heteroatoms. The summed E-state index contributed by atoms with van der Waals surface area (Å²) >= 11 is 0. The van der Waals surface area contributed by atoms with Crippen LogP contribution in [-0.4, -0.2) is 53.3 Å². The van der Waals surface area contributed by atoms with Crippen molar-refractivity contribution in [2.75, 3.05) is 19.6 Å². The van der Waals surface area contributed by atoms with Crippen LogP contribution in [0, 0.1) is 11.3 Å². The van der Waals surface area contributed by atoms with E-state index in [0.717, 1.165) is 32.2 Å². The van der Waals surface area contributed by atoms with E-state index < -0.39 is 0 Å². The van der Waals surface area contributed by atoms with Crippen LogP contribution in [0.1, 0.15) is 59.8 Å². The lowest BCUT2D eigenvalue weighted by molar-refractivity contribution is -0.150. The number of rotatable bonds is 4. The van der Waals surface area contributed by atoms with Gasteiger partial charge in [-0.15, -0.1) is 12.4 Å². The second kappa shape index (κ2) is 8.52. The minimum Gasteiger partial charge on any atom is -0.340 e. The fraction of sp³-hybridized carbons (Fsp3) is 0.889. The van der Waals surface area contributed by atoms with E-state index in [9.17, 15) is 9.59 Å². The van der Waals surface area contributed by atoms with E-state index in [0.29, 0.717) is 25.4 Å². The second-order valence-corrected chi connectivity index (χ2v) is 8.33. The predicted molar refractivity (Wildman–Crippen MR) is 99.0 cm³/mol. The summed E-state index contributed by atoms with van der Waals surface area (Å²) in [7, 11) is 0. The highest BCUT2D eigenvalue weighted by molar-refractivity contribution is 5.88. The van der Waals surface area contributed by atoms with Gasteiger partial charge in [0.2, 0.25) is 11.8 Å². The molecule has 2 N–H and O–H groups in total. The highest BCUT2D eigenvalue weighted by Crippen LogP contribution is 2.29. The van der Waals surface area contributed by atoms with Crippen LogP contribution in [0.25, 0.3) is 0 Å². The SMILES string of the molecule is CC(C)CC(C(=O)N1CCC(N)C(C)(C)C1)N1CCCCC1=O.Cl. The Morgan fingerprint density at radius 3 is 2.50 bits per heavy atom. The number of amides is 2. The van der Waals surface area contributed by atoms with Crippen molar-refractivity contribution in [1.82, 2.24) is 9.80 Å². The number of hydrogen-bond acceptors (Lipinski definition) is 3. The maximum absolute atomic E-state index is 13.2. The summed E-state index contributed by atoms with van der Waals surface area (Å²) in [6, 6.07) is -0.167. The Kier molecular flexibility index (Phi) is 7.54. The van der Waals surface area contributed by atoms with Crippen molar-refractivity contribution in [2.45, 2.75) is 71.9 Å². The second-order valence-electron chi connectivity index (χ2n) is 8.33. The summed E-state index contributed by atoms with van der Waals surface area (Å²) in [5, 5.41) is 0. The van der Waals surface area contributed by atoms with Gasteiger partial charge in [-0.3, -0.25) is 9.59 Å². The molecule has 2 unspecified atom stereocenters. The molecular formula is C18H34ClN3O2. The minimum absolute atomic E-state index is 0. The standard InChI is InChI=1S/C18H33N3O2.ClH/c1-13(2)11-14(21-9-6-5-7-16(21)22)17(23)20-10-8-15(19)18(3,4)12-20;/h13-15H,5-12,19H2,1-4H3;1H. The Labute approximate surface area is 152 Å². The lowest BCUT2D eigenvalue weighted by Gasteiger charge is -2.45. The van der Waals surface area contributed by atoms with Gasteiger partial charge < -0.3 is 15.5 Å². The molecule has 0 spiro atoms. The van der Waals surface area contributed by atoms with Gasteiger partial charge in [-0.1, -0.05) is 27.7 Å². The largest absolute Gasteiger partial charge is 0.340 e. The molecule has 0 aromatic carbocycles. The van der Waals surface area contributed by atoms with Gasteiger partial charge in [-0.2, -0.15) is 0 Å². The minimum atomic E-state index is -0.298. The molecule has 140 valence electrons. The molecule has 2 fully saturated rings. The van der Waals surface area contributed by atoms with E-state index in [4.69, 9.17) is 5.73 Å². The number of piperidine rings is 2. The third kappa shape index (κ3) is 4.85. The molecule has 2 aliphatic heterocycles. The number of carbonyl (C=O) groups is 2. The fourth-order valence-electron chi connectivity index (χ4n) is 3.74. The quantitative estimate of drug-likeness (QED) is 0.838. The zero-order valence-electron chi connectivity index (χ0n) is 15.6. The monoisotopic (exact) mass is 359 g/mol. The molecule has 2 amide bonds. The topological polar surface area (TPSA) is 66.6 Å². The number of likely N-dealkylation sites (tertiary alicyclic amines) is 2. The Bertz CT molecular complexity index is 454. The molecule has 2 saturated heterocycles. The lowest BCUT2D eigenvalue weighted by atomic mass is 9.79. The first kappa shape index (κ1) is 21.2. The van der Waals surface area contributed by atoms with Crippen LogP contribution < -0.4 is 5.73 Å². The van der Waals surface area contributed by atoms with Crippen LogP contribution in [0.15, 0.2) is 0 Å². The van der Waals surface area contributed by atoms with Gasteiger partial charge in [0.25, 0.3) is 0 Å². The average molecular weight is 360 g/mol. The Balaban J connectivity index is 0.00000288. The highest BCUT2D eigenvalue weighted by Gasteiger charge is 2.40. The van der Waals surface area contributed by atoms with Crippen LogP contribution >= 0.6 is 12.4 Å². The molecule has 2 aliphatic rings. The summed E-state index contributed by atoms with van der Waals surface area (Å²) in [5.41, 5.74) is 6.13. The predicted octanol–water partition coefficient (Wildman–Crippen LogP) is 2.42. The van der Waals surface area contributed by atoms with Crippen LogP contribution in [-0.2, 0) is 9.59 Å². The van der Waals surface area contributed by atoms with Gasteiger partial charge in [0, 0.05) is 32.1 Å². The van der Waals surface area contributed by atoms with Crippen molar-refractivity contribution in [3.63, 3.8) is 0 Å². The summed E-state index contributed by atoms with van der Waals surface area (Å²) < 4.78 is 0. The molecule has 2 atom stereocenters. The zero-order valence-corrected chi connectivity index (χ0v) is 16.4. The Morgan fingerprint density at radius 1 is 1.29 bits per heavy atom. The normalized spacial score (nSPS) is 25.4. The molecule has 24 heavy (non-hydrogen) atoms. The third-order valence-electron chi connectivity index (χ3n) is 5.34. The summed E-state index contributed by atoms with van der Waals surface area (Å²) in [6.45, 7) is 10.6. The number of hydrogen-bond donors (Lipinski definition) is 1. The van der Waals surface area contributed by atoms with Crippen LogP contribution in [0.5, 0.6) is 0 Å². The molecule has 5 nitrogen and oxygen atoms in total. The first-order valence-corrected chi connectivity index (χ1v) is 9.06. The van der Waals surface area contributed by atoms with Gasteiger partial charge in [-0.25, -0.2) is 0 Å². The van der Waals surface area contributed by atoms with E-state index >= 15 is 0 Å². The number of carbonyl (C=O) groups excluding carboxylic acids is 2. The Morgan fingerprint density at radius 2 is 1.96 bits per heavy atom. The van der Waals surface area contributed by atoms with Crippen LogP contribution in [0.3, 0.4) is 0 Å². The molecule has 2 rings (SSSR count). The van der Waals surface area contributed by atoms with Gasteiger partial charge in [0.05, 0.1) is 0 Å². The molecule has 0 aromatic rings. The van der Waals surface area contributed by atoms with E-state index in [-0.39, 0.29) is 41.7 Å². The number of nitrogens with zero attached hydrogens (tertiary/aromatic N) is 2. The summed E-state index contributed by atoms with van der Waals surface area (Å²) in [4.78, 5) is 29.3. The average Bonchev–Trinajstić information content (AvgIpc) is 2.47. The maximum Gasteiger partial charge on any atom is 0.245 e. The van der Waals surface area contributed by atoms with Crippen molar-refractivity contribution in [1.29, 1.82) is 0 Å².